The molecular weight excluding hydrogens is 484 g/mol. The van der Waals surface area contributed by atoms with Crippen LogP contribution in [0.25, 0.3) is 10.1 Å². The molecule has 196 valence electrons. The van der Waals surface area contributed by atoms with Crippen LogP contribution in [0.2, 0.25) is 0 Å². The first kappa shape index (κ1) is 26.9. The summed E-state index contributed by atoms with van der Waals surface area (Å²) >= 11 is 1.54. The second kappa shape index (κ2) is 11.5. The molecule has 37 heavy (non-hydrogen) atoms. The molecule has 1 fully saturated rings. The fourth-order valence-electron chi connectivity index (χ4n) is 5.19. The van der Waals surface area contributed by atoms with Crippen molar-refractivity contribution in [1.82, 2.24) is 10.2 Å². The molecule has 2 amide bonds. The number of carboxylic acid groups (broad SMARTS) is 1. The van der Waals surface area contributed by atoms with E-state index < -0.39 is 5.97 Å². The molecule has 1 aliphatic carbocycles. The molecule has 2 N–H and O–H groups in total. The SMILES string of the molecule is CC(C)(C)C1CCC(N(Cc2ccc(C(=O)NCCC(=O)O)cc2)C(=O)c2cc3ccccc3s2)CC1. The van der Waals surface area contributed by atoms with Crippen molar-refractivity contribution >= 4 is 39.2 Å². The van der Waals surface area contributed by atoms with E-state index in [4.69, 9.17) is 5.11 Å². The first-order valence-corrected chi connectivity index (χ1v) is 13.8. The zero-order valence-electron chi connectivity index (χ0n) is 21.8. The summed E-state index contributed by atoms with van der Waals surface area (Å²) in [7, 11) is 0. The minimum Gasteiger partial charge on any atom is -0.481 e. The number of carboxylic acids is 1. The molecule has 0 atom stereocenters. The van der Waals surface area contributed by atoms with Gasteiger partial charge in [-0.2, -0.15) is 0 Å². The maximum absolute atomic E-state index is 13.9. The Morgan fingerprint density at radius 3 is 2.30 bits per heavy atom. The average molecular weight is 521 g/mol. The molecule has 6 nitrogen and oxygen atoms in total. The lowest BCUT2D eigenvalue weighted by Gasteiger charge is -2.41. The van der Waals surface area contributed by atoms with Gasteiger partial charge in [0, 0.05) is 29.4 Å². The Hall–Kier alpha value is -3.19. The summed E-state index contributed by atoms with van der Waals surface area (Å²) < 4.78 is 1.11. The summed E-state index contributed by atoms with van der Waals surface area (Å²) in [4.78, 5) is 39.7. The predicted molar refractivity (Wildman–Crippen MR) is 148 cm³/mol. The number of hydrogen-bond acceptors (Lipinski definition) is 4. The Balaban J connectivity index is 1.52. The molecule has 1 aromatic heterocycles. The Bertz CT molecular complexity index is 1220. The minimum absolute atomic E-state index is 0.0656. The maximum Gasteiger partial charge on any atom is 0.305 e. The lowest BCUT2D eigenvalue weighted by molar-refractivity contribution is -0.136. The number of carbonyl (C=O) groups excluding carboxylic acids is 2. The fourth-order valence-corrected chi connectivity index (χ4v) is 6.21. The average Bonchev–Trinajstić information content (AvgIpc) is 3.31. The number of thiophene rings is 1. The zero-order chi connectivity index (χ0) is 26.6. The van der Waals surface area contributed by atoms with Crippen molar-refractivity contribution < 1.29 is 19.5 Å². The monoisotopic (exact) mass is 520 g/mol. The van der Waals surface area contributed by atoms with Crippen LogP contribution in [0.5, 0.6) is 0 Å². The van der Waals surface area contributed by atoms with E-state index in [1.807, 2.05) is 41.3 Å². The summed E-state index contributed by atoms with van der Waals surface area (Å²) in [5, 5.41) is 12.5. The van der Waals surface area contributed by atoms with Crippen LogP contribution in [0, 0.1) is 11.3 Å². The van der Waals surface area contributed by atoms with Gasteiger partial charge in [0.2, 0.25) is 0 Å². The lowest BCUT2D eigenvalue weighted by atomic mass is 9.71. The molecule has 1 heterocycles. The highest BCUT2D eigenvalue weighted by Gasteiger charge is 2.34. The first-order valence-electron chi connectivity index (χ1n) is 13.0. The van der Waals surface area contributed by atoms with Gasteiger partial charge in [-0.3, -0.25) is 14.4 Å². The number of hydrogen-bond donors (Lipinski definition) is 2. The lowest BCUT2D eigenvalue weighted by Crippen LogP contribution is -2.43. The second-order valence-corrected chi connectivity index (χ2v) is 12.1. The fraction of sp³-hybridized carbons (Fsp3) is 0.433. The molecule has 3 aromatic rings. The molecular formula is C30H36N2O4S. The molecule has 0 spiro atoms. The van der Waals surface area contributed by atoms with Crippen LogP contribution in [0.15, 0.2) is 54.6 Å². The first-order chi connectivity index (χ1) is 17.6. The second-order valence-electron chi connectivity index (χ2n) is 11.0. The van der Waals surface area contributed by atoms with E-state index in [0.29, 0.717) is 18.0 Å². The summed E-state index contributed by atoms with van der Waals surface area (Å²) in [5.74, 6) is -0.526. The molecule has 7 heteroatoms. The van der Waals surface area contributed by atoms with Gasteiger partial charge < -0.3 is 15.3 Å². The highest BCUT2D eigenvalue weighted by atomic mass is 32.1. The maximum atomic E-state index is 13.9. The minimum atomic E-state index is -0.949. The number of nitrogens with zero attached hydrogens (tertiary/aromatic N) is 1. The quantitative estimate of drug-likeness (QED) is 0.362. The molecule has 2 aromatic carbocycles. The highest BCUT2D eigenvalue weighted by Crippen LogP contribution is 2.40. The molecule has 0 unspecified atom stereocenters. The molecule has 0 aliphatic heterocycles. The Morgan fingerprint density at radius 1 is 1.00 bits per heavy atom. The molecule has 0 saturated heterocycles. The predicted octanol–water partition coefficient (Wildman–Crippen LogP) is 6.35. The number of amides is 2. The Kier molecular flexibility index (Phi) is 8.32. The van der Waals surface area contributed by atoms with Crippen molar-refractivity contribution in [1.29, 1.82) is 0 Å². The van der Waals surface area contributed by atoms with E-state index in [2.05, 4.69) is 32.2 Å². The van der Waals surface area contributed by atoms with Gasteiger partial charge in [0.05, 0.1) is 11.3 Å². The third kappa shape index (κ3) is 6.77. The Morgan fingerprint density at radius 2 is 1.68 bits per heavy atom. The van der Waals surface area contributed by atoms with Crippen molar-refractivity contribution in [3.05, 3.63) is 70.6 Å². The van der Waals surface area contributed by atoms with Gasteiger partial charge in [-0.25, -0.2) is 0 Å². The van der Waals surface area contributed by atoms with Crippen molar-refractivity contribution in [2.75, 3.05) is 6.54 Å². The van der Waals surface area contributed by atoms with E-state index in [9.17, 15) is 14.4 Å². The van der Waals surface area contributed by atoms with E-state index in [-0.39, 0.29) is 36.2 Å². The summed E-state index contributed by atoms with van der Waals surface area (Å²) in [6, 6.07) is 17.5. The smallest absolute Gasteiger partial charge is 0.305 e. The van der Waals surface area contributed by atoms with E-state index in [1.54, 1.807) is 23.5 Å². The van der Waals surface area contributed by atoms with Gasteiger partial charge in [0.25, 0.3) is 11.8 Å². The molecule has 0 radical (unpaired) electrons. The molecule has 0 bridgehead atoms. The van der Waals surface area contributed by atoms with Gasteiger partial charge in [-0.05, 0) is 72.2 Å². The van der Waals surface area contributed by atoms with Crippen LogP contribution in [-0.4, -0.2) is 40.4 Å². The van der Waals surface area contributed by atoms with Gasteiger partial charge in [0.15, 0.2) is 0 Å². The van der Waals surface area contributed by atoms with Gasteiger partial charge in [0.1, 0.15) is 0 Å². The van der Waals surface area contributed by atoms with Crippen LogP contribution >= 0.6 is 11.3 Å². The van der Waals surface area contributed by atoms with Crippen molar-refractivity contribution in [3.63, 3.8) is 0 Å². The van der Waals surface area contributed by atoms with Crippen molar-refractivity contribution in [2.24, 2.45) is 11.3 Å². The van der Waals surface area contributed by atoms with Crippen molar-refractivity contribution in [3.8, 4) is 0 Å². The van der Waals surface area contributed by atoms with Crippen LogP contribution < -0.4 is 5.32 Å². The highest BCUT2D eigenvalue weighted by molar-refractivity contribution is 7.20. The van der Waals surface area contributed by atoms with E-state index >= 15 is 0 Å². The van der Waals surface area contributed by atoms with Gasteiger partial charge in [-0.15, -0.1) is 11.3 Å². The van der Waals surface area contributed by atoms with Crippen LogP contribution in [0.3, 0.4) is 0 Å². The number of carbonyl (C=O) groups is 3. The largest absolute Gasteiger partial charge is 0.481 e. The standard InChI is InChI=1S/C30H36N2O4S/c1-30(2,3)23-12-14-24(15-13-23)32(29(36)26-18-22-6-4-5-7-25(22)37-26)19-20-8-10-21(11-9-20)28(35)31-17-16-27(33)34/h4-11,18,23-24H,12-17,19H2,1-3H3,(H,31,35)(H,33,34). The van der Waals surface area contributed by atoms with Crippen molar-refractivity contribution in [2.45, 2.75) is 65.5 Å². The van der Waals surface area contributed by atoms with Gasteiger partial charge >= 0.3 is 5.97 Å². The molecule has 1 aliphatic rings. The van der Waals surface area contributed by atoms with Crippen LogP contribution in [-0.2, 0) is 11.3 Å². The summed E-state index contributed by atoms with van der Waals surface area (Å²) in [5.41, 5.74) is 1.71. The summed E-state index contributed by atoms with van der Waals surface area (Å²) in [6.45, 7) is 7.48. The topological polar surface area (TPSA) is 86.7 Å². The molecule has 4 rings (SSSR count). The Labute approximate surface area is 222 Å². The molecule has 1 saturated carbocycles. The number of aliphatic carboxylic acids is 1. The number of benzene rings is 2. The normalized spacial score (nSPS) is 17.9. The van der Waals surface area contributed by atoms with E-state index in [1.165, 1.54) is 0 Å². The van der Waals surface area contributed by atoms with E-state index in [0.717, 1.165) is 46.2 Å². The van der Waals surface area contributed by atoms with Crippen LogP contribution in [0.4, 0.5) is 0 Å². The number of rotatable bonds is 8. The third-order valence-electron chi connectivity index (χ3n) is 7.45. The number of nitrogens with one attached hydrogen (secondary N) is 1. The number of fused-ring (bicyclic) bond motifs is 1. The van der Waals surface area contributed by atoms with Gasteiger partial charge in [-0.1, -0.05) is 51.1 Å². The van der Waals surface area contributed by atoms with Crippen LogP contribution in [0.1, 0.15) is 78.5 Å². The third-order valence-corrected chi connectivity index (χ3v) is 8.56. The zero-order valence-corrected chi connectivity index (χ0v) is 22.6. The summed E-state index contributed by atoms with van der Waals surface area (Å²) in [6.07, 6.45) is 4.08.